The van der Waals surface area contributed by atoms with Gasteiger partial charge in [0.15, 0.2) is 0 Å². The molecule has 0 aliphatic heterocycles. The van der Waals surface area contributed by atoms with Gasteiger partial charge in [0.05, 0.1) is 0 Å². The zero-order valence-corrected chi connectivity index (χ0v) is 14.2. The summed E-state index contributed by atoms with van der Waals surface area (Å²) >= 11 is 7.14. The Hall–Kier alpha value is -0.410. The molecule has 3 heteroatoms. The number of halogens is 2. The smallest absolute Gasteiger partial charge is 0.113 e. The van der Waals surface area contributed by atoms with Crippen LogP contribution < -0.4 is 0 Å². The van der Waals surface area contributed by atoms with Gasteiger partial charge in [-0.2, -0.15) is 0 Å². The molecule has 1 saturated carbocycles. The summed E-state index contributed by atoms with van der Waals surface area (Å²) in [6.07, 6.45) is 7.46. The van der Waals surface area contributed by atoms with E-state index >= 15 is 0 Å². The Labute approximate surface area is 131 Å². The minimum atomic E-state index is 0.658. The lowest BCUT2D eigenvalue weighted by Gasteiger charge is -2.20. The van der Waals surface area contributed by atoms with Gasteiger partial charge in [-0.3, -0.25) is 0 Å². The van der Waals surface area contributed by atoms with Gasteiger partial charge in [-0.05, 0) is 68.2 Å². The molecule has 1 aliphatic rings. The first-order chi connectivity index (χ1) is 9.16. The molecule has 1 heterocycles. The lowest BCUT2D eigenvalue weighted by molar-refractivity contribution is 0.461. The summed E-state index contributed by atoms with van der Waals surface area (Å²) < 4.78 is 2.00. The Morgan fingerprint density at radius 1 is 1.16 bits per heavy atom. The third-order valence-corrected chi connectivity index (χ3v) is 5.71. The molecule has 0 amide bonds. The van der Waals surface area contributed by atoms with Gasteiger partial charge < -0.3 is 0 Å². The third-order valence-electron chi connectivity index (χ3n) is 4.45. The molecule has 0 spiro atoms. The Kier molecular flexibility index (Phi) is 3.95. The molecule has 1 aliphatic carbocycles. The maximum atomic E-state index is 4.33. The van der Waals surface area contributed by atoms with Crippen molar-refractivity contribution in [3.05, 3.63) is 39.0 Å². The molecule has 0 saturated heterocycles. The van der Waals surface area contributed by atoms with Crippen LogP contribution in [0.4, 0.5) is 0 Å². The highest BCUT2D eigenvalue weighted by Crippen LogP contribution is 2.39. The van der Waals surface area contributed by atoms with E-state index in [1.807, 2.05) is 6.20 Å². The van der Waals surface area contributed by atoms with E-state index in [0.717, 1.165) is 15.0 Å². The van der Waals surface area contributed by atoms with E-state index in [-0.39, 0.29) is 0 Å². The van der Waals surface area contributed by atoms with Crippen LogP contribution in [0.15, 0.2) is 33.5 Å². The molecule has 0 N–H and O–H groups in total. The summed E-state index contributed by atoms with van der Waals surface area (Å²) in [6, 6.07) is 6.79. The predicted molar refractivity (Wildman–Crippen MR) is 87.5 cm³/mol. The number of hydrogen-bond acceptors (Lipinski definition) is 1. The van der Waals surface area contributed by atoms with Gasteiger partial charge in [-0.15, -0.1) is 0 Å². The van der Waals surface area contributed by atoms with Crippen LogP contribution in [-0.2, 0) is 0 Å². The average Bonchev–Trinajstić information content (AvgIpc) is 2.96. The van der Waals surface area contributed by atoms with Crippen molar-refractivity contribution in [2.45, 2.75) is 38.5 Å². The predicted octanol–water partition coefficient (Wildman–Crippen LogP) is 6.05. The quantitative estimate of drug-likeness (QED) is 0.575. The normalized spacial score (nSPS) is 18.1. The molecule has 3 rings (SSSR count). The Balaban J connectivity index is 2.03. The van der Waals surface area contributed by atoms with E-state index in [2.05, 4.69) is 62.0 Å². The van der Waals surface area contributed by atoms with Gasteiger partial charge in [-0.25, -0.2) is 4.98 Å². The van der Waals surface area contributed by atoms with Crippen LogP contribution in [0.3, 0.4) is 0 Å². The highest BCUT2D eigenvalue weighted by Gasteiger charge is 2.23. The Bertz CT molecular complexity index is 603. The first kappa shape index (κ1) is 13.6. The third kappa shape index (κ3) is 2.59. The average molecular weight is 383 g/mol. The van der Waals surface area contributed by atoms with Gasteiger partial charge in [0.1, 0.15) is 4.60 Å². The molecule has 19 heavy (non-hydrogen) atoms. The second kappa shape index (κ2) is 5.53. The number of fused-ring (bicyclic) bond motifs is 1. The van der Waals surface area contributed by atoms with E-state index in [0.29, 0.717) is 5.92 Å². The SMILES string of the molecule is CC(c1ccc2c(Br)ncc(Br)c2c1)C1CCCC1. The fourth-order valence-corrected chi connectivity index (χ4v) is 4.08. The van der Waals surface area contributed by atoms with Crippen LogP contribution in [0.5, 0.6) is 0 Å². The zero-order valence-electron chi connectivity index (χ0n) is 11.0. The maximum absolute atomic E-state index is 4.33. The minimum Gasteiger partial charge on any atom is -0.248 e. The van der Waals surface area contributed by atoms with Crippen molar-refractivity contribution >= 4 is 42.6 Å². The van der Waals surface area contributed by atoms with Crippen molar-refractivity contribution < 1.29 is 0 Å². The summed E-state index contributed by atoms with van der Waals surface area (Å²) in [7, 11) is 0. The van der Waals surface area contributed by atoms with E-state index in [9.17, 15) is 0 Å². The van der Waals surface area contributed by atoms with Crippen LogP contribution in [0.2, 0.25) is 0 Å². The molecular formula is C16H17Br2N. The summed E-state index contributed by atoms with van der Waals surface area (Å²) in [6.45, 7) is 2.38. The van der Waals surface area contributed by atoms with Crippen molar-refractivity contribution in [2.75, 3.05) is 0 Å². The van der Waals surface area contributed by atoms with Gasteiger partial charge in [0.25, 0.3) is 0 Å². The standard InChI is InChI=1S/C16H17Br2N/c1-10(11-4-2-3-5-11)12-6-7-13-14(8-12)15(17)9-19-16(13)18/h6-11H,2-5H2,1H3. The Morgan fingerprint density at radius 2 is 1.89 bits per heavy atom. The molecular weight excluding hydrogens is 366 g/mol. The van der Waals surface area contributed by atoms with Gasteiger partial charge >= 0.3 is 0 Å². The number of pyridine rings is 1. The number of rotatable bonds is 2. The highest BCUT2D eigenvalue weighted by molar-refractivity contribution is 9.11. The molecule has 1 aromatic heterocycles. The molecule has 0 radical (unpaired) electrons. The van der Waals surface area contributed by atoms with E-state index in [4.69, 9.17) is 0 Å². The zero-order chi connectivity index (χ0) is 13.4. The van der Waals surface area contributed by atoms with Crippen LogP contribution in [0, 0.1) is 5.92 Å². The van der Waals surface area contributed by atoms with Crippen LogP contribution in [0.25, 0.3) is 10.8 Å². The van der Waals surface area contributed by atoms with Crippen molar-refractivity contribution in [3.8, 4) is 0 Å². The van der Waals surface area contributed by atoms with Crippen molar-refractivity contribution in [1.29, 1.82) is 0 Å². The Morgan fingerprint density at radius 3 is 2.63 bits per heavy atom. The van der Waals surface area contributed by atoms with Crippen molar-refractivity contribution in [1.82, 2.24) is 4.98 Å². The van der Waals surface area contributed by atoms with E-state index in [1.54, 1.807) is 0 Å². The minimum absolute atomic E-state index is 0.658. The fraction of sp³-hybridized carbons (Fsp3) is 0.438. The largest absolute Gasteiger partial charge is 0.248 e. The summed E-state index contributed by atoms with van der Waals surface area (Å²) in [5.74, 6) is 1.52. The molecule has 2 aromatic rings. The molecule has 0 bridgehead atoms. The molecule has 1 atom stereocenters. The molecule has 1 fully saturated rings. The lowest BCUT2D eigenvalue weighted by Crippen LogP contribution is -2.05. The number of aromatic nitrogens is 1. The maximum Gasteiger partial charge on any atom is 0.113 e. The second-order valence-corrected chi connectivity index (χ2v) is 7.14. The topological polar surface area (TPSA) is 12.9 Å². The number of benzene rings is 1. The monoisotopic (exact) mass is 381 g/mol. The van der Waals surface area contributed by atoms with Crippen LogP contribution >= 0.6 is 31.9 Å². The summed E-state index contributed by atoms with van der Waals surface area (Å²) in [4.78, 5) is 4.33. The van der Waals surface area contributed by atoms with Gasteiger partial charge in [0.2, 0.25) is 0 Å². The van der Waals surface area contributed by atoms with E-state index < -0.39 is 0 Å². The fourth-order valence-electron chi connectivity index (χ4n) is 3.20. The van der Waals surface area contributed by atoms with Crippen LogP contribution in [0.1, 0.15) is 44.1 Å². The summed E-state index contributed by atoms with van der Waals surface area (Å²) in [5.41, 5.74) is 1.46. The van der Waals surface area contributed by atoms with E-state index in [1.165, 1.54) is 42.0 Å². The molecule has 100 valence electrons. The molecule has 1 unspecified atom stereocenters. The number of nitrogens with zero attached hydrogens (tertiary/aromatic N) is 1. The first-order valence-corrected chi connectivity index (χ1v) is 8.49. The highest BCUT2D eigenvalue weighted by atomic mass is 79.9. The first-order valence-electron chi connectivity index (χ1n) is 6.90. The number of hydrogen-bond donors (Lipinski definition) is 0. The summed E-state index contributed by atoms with van der Waals surface area (Å²) in [5, 5.41) is 2.43. The van der Waals surface area contributed by atoms with Crippen molar-refractivity contribution in [2.24, 2.45) is 5.92 Å². The molecule has 1 aromatic carbocycles. The van der Waals surface area contributed by atoms with Gasteiger partial charge in [-0.1, -0.05) is 31.9 Å². The van der Waals surface area contributed by atoms with Crippen molar-refractivity contribution in [3.63, 3.8) is 0 Å². The molecule has 1 nitrogen and oxygen atoms in total. The van der Waals surface area contributed by atoms with Crippen LogP contribution in [-0.4, -0.2) is 4.98 Å². The lowest BCUT2D eigenvalue weighted by atomic mass is 9.86. The van der Waals surface area contributed by atoms with Gasteiger partial charge in [0, 0.05) is 21.4 Å². The second-order valence-electron chi connectivity index (χ2n) is 5.54.